The summed E-state index contributed by atoms with van der Waals surface area (Å²) in [6.45, 7) is 4.16. The molecular formula is C19H26ClN3O3. The predicted octanol–water partition coefficient (Wildman–Crippen LogP) is 3.00. The standard InChI is InChI=1S/C19H26ClN3O3/c1-13-15(20)5-4-6-16(13)21-18(25)23-11-14(17(24)22(2)3)19(12-23)7-9-26-10-8-19/h4-6,14H,7-12H2,1-3H3,(H,21,25). The van der Waals surface area contributed by atoms with Crippen molar-refractivity contribution in [3.8, 4) is 0 Å². The molecule has 1 spiro atoms. The fraction of sp³-hybridized carbons (Fsp3) is 0.579. The molecule has 2 aliphatic rings. The van der Waals surface area contributed by atoms with Gasteiger partial charge in [-0.2, -0.15) is 0 Å². The van der Waals surface area contributed by atoms with Gasteiger partial charge >= 0.3 is 6.03 Å². The maximum absolute atomic E-state index is 12.9. The van der Waals surface area contributed by atoms with Gasteiger partial charge in [0, 0.05) is 56.5 Å². The number of benzene rings is 1. The molecule has 3 rings (SSSR count). The molecule has 2 fully saturated rings. The number of hydrogen-bond donors (Lipinski definition) is 1. The van der Waals surface area contributed by atoms with Crippen molar-refractivity contribution in [2.24, 2.45) is 11.3 Å². The van der Waals surface area contributed by atoms with Crippen molar-refractivity contribution in [2.45, 2.75) is 19.8 Å². The van der Waals surface area contributed by atoms with Crippen molar-refractivity contribution in [3.63, 3.8) is 0 Å². The summed E-state index contributed by atoms with van der Waals surface area (Å²) in [6.07, 6.45) is 1.61. The first-order valence-electron chi connectivity index (χ1n) is 8.94. The largest absolute Gasteiger partial charge is 0.381 e. The van der Waals surface area contributed by atoms with Gasteiger partial charge in [0.15, 0.2) is 0 Å². The molecule has 2 heterocycles. The fourth-order valence-electron chi connectivity index (χ4n) is 4.00. The molecule has 1 aromatic rings. The molecule has 7 heteroatoms. The van der Waals surface area contributed by atoms with Gasteiger partial charge in [-0.1, -0.05) is 17.7 Å². The molecule has 0 saturated carbocycles. The van der Waals surface area contributed by atoms with E-state index >= 15 is 0 Å². The average Bonchev–Trinajstić information content (AvgIpc) is 2.97. The summed E-state index contributed by atoms with van der Waals surface area (Å²) in [7, 11) is 3.54. The van der Waals surface area contributed by atoms with Gasteiger partial charge in [-0.15, -0.1) is 0 Å². The first-order chi connectivity index (χ1) is 12.3. The first-order valence-corrected chi connectivity index (χ1v) is 9.32. The molecule has 26 heavy (non-hydrogen) atoms. The lowest BCUT2D eigenvalue weighted by atomic mass is 9.71. The van der Waals surface area contributed by atoms with Crippen molar-refractivity contribution in [1.29, 1.82) is 0 Å². The van der Waals surface area contributed by atoms with Gasteiger partial charge in [0.2, 0.25) is 5.91 Å². The number of amides is 3. The molecule has 2 saturated heterocycles. The quantitative estimate of drug-likeness (QED) is 0.859. The Balaban J connectivity index is 1.79. The highest BCUT2D eigenvalue weighted by molar-refractivity contribution is 6.31. The van der Waals surface area contributed by atoms with Crippen LogP contribution in [-0.2, 0) is 9.53 Å². The Morgan fingerprint density at radius 3 is 2.65 bits per heavy atom. The summed E-state index contributed by atoms with van der Waals surface area (Å²) in [5.41, 5.74) is 1.34. The average molecular weight is 380 g/mol. The lowest BCUT2D eigenvalue weighted by Crippen LogP contribution is -2.44. The Labute approximate surface area is 159 Å². The highest BCUT2D eigenvalue weighted by Crippen LogP contribution is 2.45. The van der Waals surface area contributed by atoms with E-state index in [1.807, 2.05) is 19.1 Å². The number of urea groups is 1. The number of hydrogen-bond acceptors (Lipinski definition) is 3. The highest BCUT2D eigenvalue weighted by Gasteiger charge is 2.52. The Bertz CT molecular complexity index is 701. The fourth-order valence-corrected chi connectivity index (χ4v) is 4.17. The van der Waals surface area contributed by atoms with Crippen LogP contribution in [-0.4, -0.2) is 62.1 Å². The number of carbonyl (C=O) groups excluding carboxylic acids is 2. The Hall–Kier alpha value is -1.79. The minimum atomic E-state index is -0.194. The van der Waals surface area contributed by atoms with Gasteiger partial charge < -0.3 is 19.9 Å². The van der Waals surface area contributed by atoms with E-state index in [1.54, 1.807) is 30.0 Å². The van der Waals surface area contributed by atoms with Crippen LogP contribution in [0.15, 0.2) is 18.2 Å². The zero-order valence-corrected chi connectivity index (χ0v) is 16.3. The molecule has 3 amide bonds. The summed E-state index contributed by atoms with van der Waals surface area (Å²) in [5.74, 6) is -0.103. The van der Waals surface area contributed by atoms with Crippen molar-refractivity contribution in [1.82, 2.24) is 9.80 Å². The Morgan fingerprint density at radius 1 is 1.31 bits per heavy atom. The van der Waals surface area contributed by atoms with Gasteiger partial charge in [-0.25, -0.2) is 4.79 Å². The summed E-state index contributed by atoms with van der Waals surface area (Å²) in [5, 5.41) is 3.57. The predicted molar refractivity (Wildman–Crippen MR) is 101 cm³/mol. The van der Waals surface area contributed by atoms with Crippen LogP contribution in [0.25, 0.3) is 0 Å². The van der Waals surface area contributed by atoms with Gasteiger partial charge in [0.25, 0.3) is 0 Å². The lowest BCUT2D eigenvalue weighted by Gasteiger charge is -2.37. The van der Waals surface area contributed by atoms with E-state index in [1.165, 1.54) is 0 Å². The van der Waals surface area contributed by atoms with E-state index in [4.69, 9.17) is 16.3 Å². The van der Waals surface area contributed by atoms with Crippen LogP contribution in [0.1, 0.15) is 18.4 Å². The van der Waals surface area contributed by atoms with Gasteiger partial charge in [0.1, 0.15) is 0 Å². The third-order valence-electron chi connectivity index (χ3n) is 5.67. The summed E-state index contributed by atoms with van der Waals surface area (Å²) in [4.78, 5) is 29.0. The van der Waals surface area contributed by atoms with E-state index in [0.29, 0.717) is 37.0 Å². The molecule has 0 radical (unpaired) electrons. The molecule has 1 atom stereocenters. The van der Waals surface area contributed by atoms with Crippen LogP contribution < -0.4 is 5.32 Å². The molecule has 6 nitrogen and oxygen atoms in total. The van der Waals surface area contributed by atoms with Crippen LogP contribution >= 0.6 is 11.6 Å². The van der Waals surface area contributed by atoms with Gasteiger partial charge in [-0.05, 0) is 37.5 Å². The second-order valence-electron chi connectivity index (χ2n) is 7.48. The Morgan fingerprint density at radius 2 is 2.00 bits per heavy atom. The van der Waals surface area contributed by atoms with E-state index in [2.05, 4.69) is 5.32 Å². The Kier molecular flexibility index (Phi) is 5.44. The SMILES string of the molecule is Cc1c(Cl)cccc1NC(=O)N1CC(C(=O)N(C)C)C2(CCOCC2)C1. The van der Waals surface area contributed by atoms with Crippen LogP contribution in [0.4, 0.5) is 10.5 Å². The van der Waals surface area contributed by atoms with E-state index in [9.17, 15) is 9.59 Å². The number of halogens is 1. The molecule has 1 aromatic carbocycles. The maximum atomic E-state index is 12.9. The first kappa shape index (κ1) is 19.0. The number of likely N-dealkylation sites (tertiary alicyclic amines) is 1. The second kappa shape index (κ2) is 7.45. The van der Waals surface area contributed by atoms with Gasteiger partial charge in [-0.3, -0.25) is 4.79 Å². The van der Waals surface area contributed by atoms with Crippen molar-refractivity contribution < 1.29 is 14.3 Å². The minimum Gasteiger partial charge on any atom is -0.381 e. The highest BCUT2D eigenvalue weighted by atomic mass is 35.5. The normalized spacial score (nSPS) is 21.7. The summed E-state index contributed by atoms with van der Waals surface area (Å²) >= 11 is 6.14. The number of anilines is 1. The molecule has 142 valence electrons. The summed E-state index contributed by atoms with van der Waals surface area (Å²) < 4.78 is 5.51. The number of rotatable bonds is 2. The lowest BCUT2D eigenvalue weighted by molar-refractivity contribution is -0.138. The molecule has 2 aliphatic heterocycles. The number of nitrogens with one attached hydrogen (secondary N) is 1. The zero-order valence-electron chi connectivity index (χ0n) is 15.5. The number of nitrogens with zero attached hydrogens (tertiary/aromatic N) is 2. The van der Waals surface area contributed by atoms with E-state index in [-0.39, 0.29) is 23.3 Å². The second-order valence-corrected chi connectivity index (χ2v) is 7.89. The van der Waals surface area contributed by atoms with Gasteiger partial charge in [0.05, 0.1) is 5.92 Å². The van der Waals surface area contributed by atoms with Crippen molar-refractivity contribution >= 4 is 29.2 Å². The topological polar surface area (TPSA) is 61.9 Å². The van der Waals surface area contributed by atoms with E-state index in [0.717, 1.165) is 18.4 Å². The summed E-state index contributed by atoms with van der Waals surface area (Å²) in [6, 6.07) is 5.26. The van der Waals surface area contributed by atoms with E-state index < -0.39 is 0 Å². The minimum absolute atomic E-state index is 0.0844. The third-order valence-corrected chi connectivity index (χ3v) is 6.08. The monoisotopic (exact) mass is 379 g/mol. The molecule has 0 bridgehead atoms. The van der Waals surface area contributed by atoms with Crippen LogP contribution in [0.5, 0.6) is 0 Å². The zero-order chi connectivity index (χ0) is 18.9. The molecule has 1 N–H and O–H groups in total. The third kappa shape index (κ3) is 3.53. The maximum Gasteiger partial charge on any atom is 0.321 e. The number of carbonyl (C=O) groups is 2. The smallest absolute Gasteiger partial charge is 0.321 e. The molecule has 1 unspecified atom stereocenters. The van der Waals surface area contributed by atoms with Crippen molar-refractivity contribution in [2.75, 3.05) is 45.7 Å². The van der Waals surface area contributed by atoms with Crippen molar-refractivity contribution in [3.05, 3.63) is 28.8 Å². The molecule has 0 aromatic heterocycles. The van der Waals surface area contributed by atoms with Crippen LogP contribution in [0.3, 0.4) is 0 Å². The van der Waals surface area contributed by atoms with Crippen LogP contribution in [0, 0.1) is 18.3 Å². The molecule has 0 aliphatic carbocycles. The number of ether oxygens (including phenoxy) is 1. The molecular weight excluding hydrogens is 354 g/mol. The van der Waals surface area contributed by atoms with Crippen LogP contribution in [0.2, 0.25) is 5.02 Å².